The molecular weight excluding hydrogens is 179 g/mol. The van der Waals surface area contributed by atoms with Gasteiger partial charge in [0, 0.05) is 0 Å². The number of hydrogen-bond acceptors (Lipinski definition) is 0. The Morgan fingerprint density at radius 3 is 2.07 bits per heavy atom. The van der Waals surface area contributed by atoms with Gasteiger partial charge in [-0.05, 0) is 0 Å². The van der Waals surface area contributed by atoms with Crippen LogP contribution in [0.5, 0.6) is 0 Å². The smallest absolute Gasteiger partial charge is 0.0711 e. The lowest BCUT2D eigenvalue weighted by Crippen LogP contribution is -2.35. The quantitative estimate of drug-likeness (QED) is 0.566. The molecule has 86 valence electrons. The third-order valence-corrected chi connectivity index (χ3v) is 4.97. The summed E-state index contributed by atoms with van der Waals surface area (Å²) in [5.74, 6) is 3.23. The minimum atomic E-state index is 0.987. The van der Waals surface area contributed by atoms with Crippen LogP contribution in [0.25, 0.3) is 0 Å². The number of hydrogen-bond donors (Lipinski definition) is 0. The van der Waals surface area contributed by atoms with E-state index in [1.165, 1.54) is 25.7 Å². The molecule has 0 spiro atoms. The van der Waals surface area contributed by atoms with Gasteiger partial charge < -0.3 is 0 Å². The van der Waals surface area contributed by atoms with Crippen molar-refractivity contribution in [1.82, 2.24) is 0 Å². The van der Waals surface area contributed by atoms with E-state index in [1.807, 2.05) is 0 Å². The zero-order chi connectivity index (χ0) is 10.7. The van der Waals surface area contributed by atoms with Crippen molar-refractivity contribution in [3.05, 3.63) is 0 Å². The molecule has 0 N–H and O–H groups in total. The molecule has 0 amide bonds. The molecule has 0 aromatic heterocycles. The van der Waals surface area contributed by atoms with Crippen LogP contribution in [-0.2, 0) is 0 Å². The van der Waals surface area contributed by atoms with E-state index < -0.39 is 0 Å². The summed E-state index contributed by atoms with van der Waals surface area (Å²) in [6, 6.07) is 0. The molecule has 0 radical (unpaired) electrons. The summed E-state index contributed by atoms with van der Waals surface area (Å²) >= 11 is 0. The second kappa shape index (κ2) is 5.41. The van der Waals surface area contributed by atoms with Gasteiger partial charge >= 0.3 is 0 Å². The molecule has 2 saturated heterocycles. The molecule has 1 heteroatoms. The van der Waals surface area contributed by atoms with Crippen molar-refractivity contribution in [3.8, 4) is 0 Å². The molecule has 0 aromatic carbocycles. The van der Waals surface area contributed by atoms with Crippen LogP contribution < -0.4 is 0 Å². The van der Waals surface area contributed by atoms with Gasteiger partial charge in [0.2, 0.25) is 0 Å². The van der Waals surface area contributed by atoms with Gasteiger partial charge in [0.25, 0.3) is 0 Å². The van der Waals surface area contributed by atoms with Gasteiger partial charge in [0.15, 0.2) is 0 Å². The summed E-state index contributed by atoms with van der Waals surface area (Å²) in [5, 5.41) is 0. The molecular formula is C14H27B. The third kappa shape index (κ3) is 2.79. The first-order valence-electron chi connectivity index (χ1n) is 7.31. The highest BCUT2D eigenvalue weighted by molar-refractivity contribution is 6.62. The highest BCUT2D eigenvalue weighted by Gasteiger charge is 2.38. The zero-order valence-corrected chi connectivity index (χ0v) is 10.7. The second-order valence-electron chi connectivity index (χ2n) is 6.18. The van der Waals surface area contributed by atoms with Crippen molar-refractivity contribution < 1.29 is 0 Å². The summed E-state index contributed by atoms with van der Waals surface area (Å²) in [4.78, 5) is 0. The molecule has 2 heterocycles. The Morgan fingerprint density at radius 1 is 1.07 bits per heavy atom. The predicted molar refractivity (Wildman–Crippen MR) is 69.8 cm³/mol. The van der Waals surface area contributed by atoms with Crippen LogP contribution in [0.1, 0.15) is 65.2 Å². The van der Waals surface area contributed by atoms with Crippen LogP contribution in [0, 0.1) is 5.92 Å². The van der Waals surface area contributed by atoms with E-state index in [4.69, 9.17) is 0 Å². The summed E-state index contributed by atoms with van der Waals surface area (Å²) in [7, 11) is 0. The average Bonchev–Trinajstić information content (AvgIpc) is 2.17. The van der Waals surface area contributed by atoms with Gasteiger partial charge in [-0.15, -0.1) is 0 Å². The van der Waals surface area contributed by atoms with Gasteiger partial charge in [-0.1, -0.05) is 89.1 Å². The van der Waals surface area contributed by atoms with Crippen LogP contribution >= 0.6 is 0 Å². The molecule has 2 fully saturated rings. The molecule has 2 aliphatic rings. The maximum absolute atomic E-state index is 2.48. The molecule has 2 rings (SSSR count). The lowest BCUT2D eigenvalue weighted by Gasteiger charge is -2.41. The SMILES string of the molecule is CCCC(C)CB1C2CCCC1CCC2. The van der Waals surface area contributed by atoms with Gasteiger partial charge in [-0.25, -0.2) is 0 Å². The van der Waals surface area contributed by atoms with E-state index in [9.17, 15) is 0 Å². The largest absolute Gasteiger partial charge is 0.146 e. The van der Waals surface area contributed by atoms with Crippen molar-refractivity contribution >= 4 is 6.71 Å². The van der Waals surface area contributed by atoms with Crippen LogP contribution in [0.4, 0.5) is 0 Å². The van der Waals surface area contributed by atoms with Crippen LogP contribution in [-0.4, -0.2) is 6.71 Å². The second-order valence-corrected chi connectivity index (χ2v) is 6.18. The minimum absolute atomic E-state index is 0.987. The first-order chi connectivity index (χ1) is 7.31. The monoisotopic (exact) mass is 206 g/mol. The van der Waals surface area contributed by atoms with E-state index in [1.54, 1.807) is 32.0 Å². The Labute approximate surface area is 96.3 Å². The summed E-state index contributed by atoms with van der Waals surface area (Å²) in [6.45, 7) is 5.93. The van der Waals surface area contributed by atoms with Crippen molar-refractivity contribution in [2.45, 2.75) is 83.2 Å². The van der Waals surface area contributed by atoms with E-state index >= 15 is 0 Å². The highest BCUT2D eigenvalue weighted by atomic mass is 14.3. The molecule has 1 unspecified atom stereocenters. The van der Waals surface area contributed by atoms with Gasteiger partial charge in [0.05, 0.1) is 0 Å². The topological polar surface area (TPSA) is 0 Å². The Bertz CT molecular complexity index is 168. The first-order valence-corrected chi connectivity index (χ1v) is 7.31. The van der Waals surface area contributed by atoms with Crippen molar-refractivity contribution in [2.75, 3.05) is 0 Å². The first kappa shape index (κ1) is 11.5. The molecule has 2 aliphatic heterocycles. The minimum Gasteiger partial charge on any atom is -0.0711 e. The maximum Gasteiger partial charge on any atom is 0.146 e. The number of fused-ring (bicyclic) bond motifs is 2. The average molecular weight is 206 g/mol. The maximum atomic E-state index is 2.48. The number of rotatable bonds is 4. The van der Waals surface area contributed by atoms with E-state index in [-0.39, 0.29) is 0 Å². The Hall–Kier alpha value is 0.0649. The van der Waals surface area contributed by atoms with Crippen molar-refractivity contribution in [2.24, 2.45) is 5.92 Å². The summed E-state index contributed by atoms with van der Waals surface area (Å²) < 4.78 is 0. The van der Waals surface area contributed by atoms with Gasteiger partial charge in [-0.3, -0.25) is 0 Å². The Balaban J connectivity index is 1.89. The fourth-order valence-electron chi connectivity index (χ4n) is 4.27. The predicted octanol–water partition coefficient (Wildman–Crippen LogP) is 5.03. The fraction of sp³-hybridized carbons (Fsp3) is 1.00. The zero-order valence-electron chi connectivity index (χ0n) is 10.7. The molecule has 0 nitrogen and oxygen atoms in total. The van der Waals surface area contributed by atoms with Crippen molar-refractivity contribution in [3.63, 3.8) is 0 Å². The molecule has 0 aromatic rings. The van der Waals surface area contributed by atoms with Gasteiger partial charge in [-0.2, -0.15) is 0 Å². The van der Waals surface area contributed by atoms with Crippen LogP contribution in [0.15, 0.2) is 0 Å². The summed E-state index contributed by atoms with van der Waals surface area (Å²) in [5.41, 5.74) is 0. The van der Waals surface area contributed by atoms with Crippen LogP contribution in [0.2, 0.25) is 18.0 Å². The lowest BCUT2D eigenvalue weighted by atomic mass is 9.25. The third-order valence-electron chi connectivity index (χ3n) is 4.97. The van der Waals surface area contributed by atoms with Crippen LogP contribution in [0.3, 0.4) is 0 Å². The fourth-order valence-corrected chi connectivity index (χ4v) is 4.27. The van der Waals surface area contributed by atoms with Crippen molar-refractivity contribution in [1.29, 1.82) is 0 Å². The molecule has 2 bridgehead atoms. The Kier molecular flexibility index (Phi) is 4.17. The normalized spacial score (nSPS) is 32.8. The molecule has 15 heavy (non-hydrogen) atoms. The lowest BCUT2D eigenvalue weighted by molar-refractivity contribution is 0.432. The van der Waals surface area contributed by atoms with E-state index in [0.29, 0.717) is 0 Å². The highest BCUT2D eigenvalue weighted by Crippen LogP contribution is 2.48. The molecule has 0 saturated carbocycles. The Morgan fingerprint density at radius 2 is 1.60 bits per heavy atom. The van der Waals surface area contributed by atoms with Gasteiger partial charge in [0.1, 0.15) is 6.71 Å². The van der Waals surface area contributed by atoms with E-state index in [0.717, 1.165) is 24.3 Å². The summed E-state index contributed by atoms with van der Waals surface area (Å²) in [6.07, 6.45) is 13.7. The van der Waals surface area contributed by atoms with E-state index in [2.05, 4.69) is 13.8 Å². The standard InChI is InChI=1S/C14H27B/c1-3-6-12(2)11-15-13-7-4-8-14(15)10-5-9-13/h12-14H,3-11H2,1-2H3. The molecule has 0 aliphatic carbocycles. The molecule has 1 atom stereocenters.